The first kappa shape index (κ1) is 25.7. The third-order valence-corrected chi connectivity index (χ3v) is 9.41. The highest BCUT2D eigenvalue weighted by Gasteiger charge is 2.55. The van der Waals surface area contributed by atoms with Crippen molar-refractivity contribution in [3.8, 4) is 5.88 Å². The first-order valence-corrected chi connectivity index (χ1v) is 14.5. The maximum atomic E-state index is 13.5. The van der Waals surface area contributed by atoms with Crippen molar-refractivity contribution in [2.24, 2.45) is 11.8 Å². The summed E-state index contributed by atoms with van der Waals surface area (Å²) in [4.78, 5) is 36.9. The van der Waals surface area contributed by atoms with Crippen LogP contribution in [0, 0.1) is 11.8 Å². The Bertz CT molecular complexity index is 1280. The number of fused-ring (bicyclic) bond motifs is 2. The number of likely N-dealkylation sites (tertiary alicyclic amines) is 1. The molecule has 214 valence electrons. The molecule has 1 N–H and O–H groups in total. The highest BCUT2D eigenvalue weighted by Crippen LogP contribution is 2.48. The Morgan fingerprint density at radius 2 is 2.05 bits per heavy atom. The van der Waals surface area contributed by atoms with Crippen LogP contribution in [0.1, 0.15) is 59.0 Å². The average molecular weight is 552 g/mol. The van der Waals surface area contributed by atoms with Gasteiger partial charge in [-0.3, -0.25) is 9.89 Å². The van der Waals surface area contributed by atoms with Gasteiger partial charge in [-0.25, -0.2) is 9.78 Å². The largest absolute Gasteiger partial charge is 0.477 e. The molecule has 1 aliphatic carbocycles. The third-order valence-electron chi connectivity index (χ3n) is 9.41. The van der Waals surface area contributed by atoms with Crippen LogP contribution in [0.15, 0.2) is 6.07 Å². The fourth-order valence-corrected chi connectivity index (χ4v) is 6.90. The molecule has 0 bridgehead atoms. The molecule has 1 saturated carbocycles. The average Bonchev–Trinajstić information content (AvgIpc) is 3.47. The van der Waals surface area contributed by atoms with Gasteiger partial charge in [0, 0.05) is 76.4 Å². The van der Waals surface area contributed by atoms with Gasteiger partial charge in [-0.2, -0.15) is 0 Å². The van der Waals surface area contributed by atoms with E-state index in [1.165, 1.54) is 0 Å². The number of ether oxygens (including phenoxy) is 3. The lowest BCUT2D eigenvalue weighted by atomic mass is 9.95. The molecule has 0 spiro atoms. The number of rotatable bonds is 7. The van der Waals surface area contributed by atoms with Crippen molar-refractivity contribution in [2.45, 2.75) is 50.2 Å². The number of methoxy groups -OCH3 is 1. The number of aromatic amines is 1. The summed E-state index contributed by atoms with van der Waals surface area (Å²) in [5, 5.41) is 10.9. The monoisotopic (exact) mass is 551 g/mol. The molecule has 40 heavy (non-hydrogen) atoms. The Morgan fingerprint density at radius 1 is 1.20 bits per heavy atom. The minimum absolute atomic E-state index is 0.0194. The van der Waals surface area contributed by atoms with E-state index in [-0.39, 0.29) is 11.9 Å². The minimum Gasteiger partial charge on any atom is -0.477 e. The molecule has 12 nitrogen and oxygen atoms in total. The Kier molecular flexibility index (Phi) is 6.62. The summed E-state index contributed by atoms with van der Waals surface area (Å²) >= 11 is 0. The molecular formula is C28H37N7O5. The number of anilines is 1. The van der Waals surface area contributed by atoms with E-state index in [0.717, 1.165) is 74.4 Å². The quantitative estimate of drug-likeness (QED) is 0.514. The smallest absolute Gasteiger partial charge is 0.320 e. The predicted molar refractivity (Wildman–Crippen MR) is 144 cm³/mol. The summed E-state index contributed by atoms with van der Waals surface area (Å²) in [6, 6.07) is 1.82. The van der Waals surface area contributed by atoms with Gasteiger partial charge in [0.05, 0.1) is 36.8 Å². The third kappa shape index (κ3) is 4.60. The van der Waals surface area contributed by atoms with Crippen molar-refractivity contribution in [3.63, 3.8) is 0 Å². The van der Waals surface area contributed by atoms with E-state index in [0.29, 0.717) is 69.2 Å². The zero-order chi connectivity index (χ0) is 27.3. The van der Waals surface area contributed by atoms with Crippen LogP contribution in [0.4, 0.5) is 10.5 Å². The molecule has 4 aliphatic heterocycles. The number of nitrogens with zero attached hydrogens (tertiary/aromatic N) is 6. The second-order valence-corrected chi connectivity index (χ2v) is 12.0. The topological polar surface area (TPSA) is 126 Å². The number of carbonyl (C=O) groups is 2. The highest BCUT2D eigenvalue weighted by atomic mass is 16.5. The zero-order valence-corrected chi connectivity index (χ0v) is 23.0. The summed E-state index contributed by atoms with van der Waals surface area (Å²) in [5.74, 6) is 1.46. The molecule has 0 unspecified atom stereocenters. The number of carbonyl (C=O) groups excluding carboxylic acids is 2. The Balaban J connectivity index is 1.08. The molecular weight excluding hydrogens is 514 g/mol. The number of aldehydes is 1. The van der Waals surface area contributed by atoms with Gasteiger partial charge in [-0.1, -0.05) is 5.21 Å². The Hall–Kier alpha value is -3.25. The standard InChI is InChI=1S/C28H37N7O5/c1-38-28-16-34(11-21(28)12-35(17-28)27(37)33-7-4-22-23(13-33)31-32-30-22)26-20(14-36)10-24(29-25(26)19-2-3-19)40-15-18-5-8-39-9-6-18/h10,14,18-19,21H,2-9,11-13,15-17H2,1H3,(H,30,31,32)/t21-,28+/m1/s1. The maximum absolute atomic E-state index is 13.5. The number of nitrogens with one attached hydrogen (secondary N) is 1. The number of hydrogen-bond donors (Lipinski definition) is 1. The Morgan fingerprint density at radius 3 is 2.80 bits per heavy atom. The highest BCUT2D eigenvalue weighted by molar-refractivity contribution is 5.87. The Labute approximate surface area is 233 Å². The molecule has 3 saturated heterocycles. The first-order valence-electron chi connectivity index (χ1n) is 14.5. The number of urea groups is 1. The van der Waals surface area contributed by atoms with E-state index in [1.807, 2.05) is 9.80 Å². The molecule has 2 aromatic heterocycles. The van der Waals surface area contributed by atoms with Crippen molar-refractivity contribution in [2.75, 3.05) is 64.6 Å². The van der Waals surface area contributed by atoms with Crippen molar-refractivity contribution < 1.29 is 23.8 Å². The summed E-state index contributed by atoms with van der Waals surface area (Å²) in [6.45, 7) is 5.69. The SMILES string of the molecule is CO[C@@]12CN(C(=O)N3CCc4[nH]nnc4C3)C[C@H]1CN(c1c(C=O)cc(OCC3CCOCC3)nc1C1CC1)C2. The van der Waals surface area contributed by atoms with Crippen molar-refractivity contribution in [1.29, 1.82) is 0 Å². The van der Waals surface area contributed by atoms with Gasteiger partial charge in [0.2, 0.25) is 5.88 Å². The molecule has 2 amide bonds. The van der Waals surface area contributed by atoms with Gasteiger partial charge in [-0.05, 0) is 31.6 Å². The first-order chi connectivity index (χ1) is 19.6. The van der Waals surface area contributed by atoms with Gasteiger partial charge >= 0.3 is 6.03 Å². The molecule has 6 heterocycles. The van der Waals surface area contributed by atoms with Crippen LogP contribution in [-0.4, -0.2) is 108 Å². The van der Waals surface area contributed by atoms with E-state index in [2.05, 4.69) is 20.3 Å². The lowest BCUT2D eigenvalue weighted by Crippen LogP contribution is -2.48. The van der Waals surface area contributed by atoms with E-state index in [9.17, 15) is 9.59 Å². The number of hydrogen-bond acceptors (Lipinski definition) is 9. The van der Waals surface area contributed by atoms with E-state index < -0.39 is 5.60 Å². The molecule has 2 aromatic rings. The van der Waals surface area contributed by atoms with Crippen LogP contribution >= 0.6 is 0 Å². The van der Waals surface area contributed by atoms with Crippen molar-refractivity contribution >= 4 is 18.0 Å². The summed E-state index contributed by atoms with van der Waals surface area (Å²) in [5.41, 5.74) is 3.85. The molecule has 2 atom stereocenters. The lowest BCUT2D eigenvalue weighted by Gasteiger charge is -2.33. The van der Waals surface area contributed by atoms with Gasteiger partial charge in [0.15, 0.2) is 6.29 Å². The normalized spacial score (nSPS) is 26.6. The molecule has 0 aromatic carbocycles. The van der Waals surface area contributed by atoms with Gasteiger partial charge in [-0.15, -0.1) is 5.10 Å². The number of H-pyrrole nitrogens is 1. The van der Waals surface area contributed by atoms with Crippen LogP contribution < -0.4 is 9.64 Å². The number of amides is 2. The summed E-state index contributed by atoms with van der Waals surface area (Å²) < 4.78 is 17.8. The van der Waals surface area contributed by atoms with Crippen LogP contribution in [-0.2, 0) is 22.4 Å². The fraction of sp³-hybridized carbons (Fsp3) is 0.679. The molecule has 4 fully saturated rings. The van der Waals surface area contributed by atoms with Crippen LogP contribution in [0.3, 0.4) is 0 Å². The molecule has 5 aliphatic rings. The fourth-order valence-electron chi connectivity index (χ4n) is 6.90. The van der Waals surface area contributed by atoms with Crippen LogP contribution in [0.2, 0.25) is 0 Å². The minimum atomic E-state index is -0.496. The maximum Gasteiger partial charge on any atom is 0.320 e. The lowest BCUT2D eigenvalue weighted by molar-refractivity contribution is -0.00356. The number of pyridine rings is 1. The van der Waals surface area contributed by atoms with E-state index >= 15 is 0 Å². The van der Waals surface area contributed by atoms with Crippen molar-refractivity contribution in [1.82, 2.24) is 30.2 Å². The van der Waals surface area contributed by atoms with Crippen molar-refractivity contribution in [3.05, 3.63) is 28.7 Å². The van der Waals surface area contributed by atoms with Gasteiger partial charge in [0.25, 0.3) is 0 Å². The molecule has 7 rings (SSSR count). The number of aromatic nitrogens is 4. The van der Waals surface area contributed by atoms with E-state index in [1.54, 1.807) is 13.2 Å². The van der Waals surface area contributed by atoms with Gasteiger partial charge < -0.3 is 28.9 Å². The van der Waals surface area contributed by atoms with Crippen LogP contribution in [0.25, 0.3) is 0 Å². The van der Waals surface area contributed by atoms with Crippen LogP contribution in [0.5, 0.6) is 5.88 Å². The van der Waals surface area contributed by atoms with Gasteiger partial charge in [0.1, 0.15) is 11.3 Å². The zero-order valence-electron chi connectivity index (χ0n) is 23.0. The van der Waals surface area contributed by atoms with E-state index in [4.69, 9.17) is 19.2 Å². The summed E-state index contributed by atoms with van der Waals surface area (Å²) in [7, 11) is 1.74. The second-order valence-electron chi connectivity index (χ2n) is 12.0. The second kappa shape index (κ2) is 10.3. The molecule has 12 heteroatoms. The summed E-state index contributed by atoms with van der Waals surface area (Å²) in [6.07, 6.45) is 5.78. The molecule has 0 radical (unpaired) electrons. The predicted octanol–water partition coefficient (Wildman–Crippen LogP) is 2.01.